The van der Waals surface area contributed by atoms with Gasteiger partial charge in [0.15, 0.2) is 0 Å². The first kappa shape index (κ1) is 20.1. The third-order valence-electron chi connectivity index (χ3n) is 6.51. The Labute approximate surface area is 178 Å². The van der Waals surface area contributed by atoms with Gasteiger partial charge in [-0.1, -0.05) is 48.5 Å². The topological polar surface area (TPSA) is 45.8 Å². The highest BCUT2D eigenvalue weighted by atomic mass is 16.7. The van der Waals surface area contributed by atoms with Crippen molar-refractivity contribution in [3.8, 4) is 0 Å². The highest BCUT2D eigenvalue weighted by Gasteiger charge is 2.30. The van der Waals surface area contributed by atoms with Gasteiger partial charge in [0, 0.05) is 0 Å². The predicted molar refractivity (Wildman–Crippen MR) is 111 cm³/mol. The van der Waals surface area contributed by atoms with Gasteiger partial charge >= 0.3 is 0 Å². The summed E-state index contributed by atoms with van der Waals surface area (Å²) in [6.07, 6.45) is -0.248. The molecule has 0 aromatic heterocycles. The minimum atomic E-state index is -0.124. The Kier molecular flexibility index (Phi) is 6.41. The molecule has 6 nitrogen and oxygen atoms in total. The lowest BCUT2D eigenvalue weighted by atomic mass is 10.1. The van der Waals surface area contributed by atoms with Gasteiger partial charge in [-0.2, -0.15) is 0 Å². The number of nitrogens with one attached hydrogen (secondary N) is 2. The van der Waals surface area contributed by atoms with Crippen LogP contribution in [0.5, 0.6) is 0 Å². The summed E-state index contributed by atoms with van der Waals surface area (Å²) < 4.78 is 24.1. The Morgan fingerprint density at radius 3 is 1.13 bits per heavy atom. The zero-order valence-corrected chi connectivity index (χ0v) is 17.5. The molecule has 0 unspecified atom stereocenters. The summed E-state index contributed by atoms with van der Waals surface area (Å²) in [6, 6.07) is 16.8. The van der Waals surface area contributed by atoms with E-state index in [1.54, 1.807) is 9.80 Å². The summed E-state index contributed by atoms with van der Waals surface area (Å²) >= 11 is 0. The van der Waals surface area contributed by atoms with Crippen LogP contribution in [0.25, 0.3) is 0 Å². The van der Waals surface area contributed by atoms with Gasteiger partial charge in [0.25, 0.3) is 0 Å². The van der Waals surface area contributed by atoms with Crippen molar-refractivity contribution in [1.29, 1.82) is 0 Å². The summed E-state index contributed by atoms with van der Waals surface area (Å²) in [5.41, 5.74) is 4.98. The van der Waals surface area contributed by atoms with Crippen LogP contribution < -0.4 is 9.80 Å². The van der Waals surface area contributed by atoms with Gasteiger partial charge in [-0.3, -0.25) is 0 Å². The zero-order valence-electron chi connectivity index (χ0n) is 17.5. The van der Waals surface area contributed by atoms with Crippen molar-refractivity contribution >= 4 is 0 Å². The first-order chi connectivity index (χ1) is 14.8. The molecule has 1 saturated heterocycles. The smallest absolute Gasteiger partial charge is 0.208 e. The monoisotopic (exact) mass is 412 g/mol. The molecule has 3 heterocycles. The summed E-state index contributed by atoms with van der Waals surface area (Å²) in [4.78, 5) is 3.12. The quantitative estimate of drug-likeness (QED) is 0.737. The molecule has 0 amide bonds. The number of piperazine rings is 1. The van der Waals surface area contributed by atoms with Crippen molar-refractivity contribution in [2.75, 3.05) is 39.3 Å². The van der Waals surface area contributed by atoms with Crippen LogP contribution in [0.1, 0.15) is 22.3 Å². The Balaban J connectivity index is 1.06. The standard InChI is InChI=1S/C24H30N2O4/c1-2-6-20-16-28-23(27-15-19(20)5-1)13-25-9-11-26(12-10-25)14-24-29-17-21-7-3-4-8-22(21)18-30-24/h1-8,23-24H,9-18H2/p+2. The van der Waals surface area contributed by atoms with Gasteiger partial charge in [0.1, 0.15) is 39.3 Å². The van der Waals surface area contributed by atoms with Gasteiger partial charge in [0.05, 0.1) is 26.4 Å². The summed E-state index contributed by atoms with van der Waals surface area (Å²) in [5.74, 6) is 0. The van der Waals surface area contributed by atoms with E-state index in [9.17, 15) is 0 Å². The first-order valence-electron chi connectivity index (χ1n) is 11.1. The molecular weight excluding hydrogens is 380 g/mol. The molecule has 160 valence electrons. The van der Waals surface area contributed by atoms with Crippen LogP contribution in [0.15, 0.2) is 48.5 Å². The van der Waals surface area contributed by atoms with Crippen LogP contribution in [-0.2, 0) is 45.4 Å². The first-order valence-corrected chi connectivity index (χ1v) is 11.1. The van der Waals surface area contributed by atoms with E-state index < -0.39 is 0 Å². The fourth-order valence-electron chi connectivity index (χ4n) is 4.58. The minimum Gasteiger partial charge on any atom is -0.343 e. The van der Waals surface area contributed by atoms with Crippen molar-refractivity contribution in [1.82, 2.24) is 0 Å². The Bertz CT molecular complexity index is 714. The summed E-state index contributed by atoms with van der Waals surface area (Å²) in [6.45, 7) is 8.89. The predicted octanol–water partition coefficient (Wildman–Crippen LogP) is -0.0840. The molecule has 0 atom stereocenters. The van der Waals surface area contributed by atoms with Crippen LogP contribution in [-0.4, -0.2) is 51.8 Å². The molecule has 0 aliphatic carbocycles. The molecule has 2 aromatic carbocycles. The molecule has 2 N–H and O–H groups in total. The van der Waals surface area contributed by atoms with E-state index in [0.29, 0.717) is 26.4 Å². The average molecular weight is 413 g/mol. The molecule has 6 heteroatoms. The molecule has 5 rings (SSSR count). The Hall–Kier alpha value is -1.80. The fourth-order valence-corrected chi connectivity index (χ4v) is 4.58. The molecule has 1 fully saturated rings. The number of rotatable bonds is 4. The van der Waals surface area contributed by atoms with Crippen LogP contribution in [0, 0.1) is 0 Å². The number of hydrogen-bond donors (Lipinski definition) is 2. The molecule has 0 spiro atoms. The van der Waals surface area contributed by atoms with Gasteiger partial charge < -0.3 is 28.7 Å². The van der Waals surface area contributed by atoms with Gasteiger partial charge in [0.2, 0.25) is 12.6 Å². The second kappa shape index (κ2) is 9.56. The molecule has 0 bridgehead atoms. The molecule has 0 saturated carbocycles. The lowest BCUT2D eigenvalue weighted by Gasteiger charge is -2.32. The largest absolute Gasteiger partial charge is 0.343 e. The van der Waals surface area contributed by atoms with Crippen molar-refractivity contribution in [2.24, 2.45) is 0 Å². The van der Waals surface area contributed by atoms with E-state index in [4.69, 9.17) is 18.9 Å². The van der Waals surface area contributed by atoms with E-state index >= 15 is 0 Å². The number of quaternary nitrogens is 2. The Morgan fingerprint density at radius 2 is 0.833 bits per heavy atom. The third kappa shape index (κ3) is 4.91. The van der Waals surface area contributed by atoms with Crippen LogP contribution in [0.2, 0.25) is 0 Å². The third-order valence-corrected chi connectivity index (χ3v) is 6.51. The van der Waals surface area contributed by atoms with Crippen LogP contribution in [0.4, 0.5) is 0 Å². The lowest BCUT2D eigenvalue weighted by Crippen LogP contribution is -3.28. The molecule has 2 aromatic rings. The summed E-state index contributed by atoms with van der Waals surface area (Å²) in [7, 11) is 0. The van der Waals surface area contributed by atoms with E-state index in [1.165, 1.54) is 22.3 Å². The highest BCUT2D eigenvalue weighted by Crippen LogP contribution is 2.18. The maximum Gasteiger partial charge on any atom is 0.208 e. The number of benzene rings is 2. The zero-order chi connectivity index (χ0) is 20.2. The minimum absolute atomic E-state index is 0.124. The summed E-state index contributed by atoms with van der Waals surface area (Å²) in [5, 5.41) is 0. The van der Waals surface area contributed by atoms with Crippen molar-refractivity contribution in [3.05, 3.63) is 70.8 Å². The van der Waals surface area contributed by atoms with E-state index in [0.717, 1.165) is 39.3 Å². The molecular formula is C24H32N2O4+2. The normalized spacial score (nSPS) is 25.7. The van der Waals surface area contributed by atoms with E-state index in [-0.39, 0.29) is 12.6 Å². The van der Waals surface area contributed by atoms with E-state index in [1.807, 2.05) is 0 Å². The number of fused-ring (bicyclic) bond motifs is 2. The maximum absolute atomic E-state index is 6.04. The number of ether oxygens (including phenoxy) is 4. The molecule has 30 heavy (non-hydrogen) atoms. The SMILES string of the molecule is c1ccc2c(c1)COC(C[NH+]1CC[NH+](CC3OCc4ccccc4CO3)CC1)OC2. The van der Waals surface area contributed by atoms with Crippen LogP contribution in [0.3, 0.4) is 0 Å². The van der Waals surface area contributed by atoms with Crippen molar-refractivity contribution in [2.45, 2.75) is 39.0 Å². The number of hydrogen-bond acceptors (Lipinski definition) is 4. The molecule has 0 radical (unpaired) electrons. The van der Waals surface area contributed by atoms with Crippen molar-refractivity contribution < 1.29 is 28.7 Å². The van der Waals surface area contributed by atoms with E-state index in [2.05, 4.69) is 48.5 Å². The van der Waals surface area contributed by atoms with Gasteiger partial charge in [-0.25, -0.2) is 0 Å². The lowest BCUT2D eigenvalue weighted by molar-refractivity contribution is -1.02. The fraction of sp³-hybridized carbons (Fsp3) is 0.500. The van der Waals surface area contributed by atoms with Crippen LogP contribution >= 0.6 is 0 Å². The second-order valence-electron chi connectivity index (χ2n) is 8.55. The highest BCUT2D eigenvalue weighted by molar-refractivity contribution is 5.27. The molecule has 3 aliphatic heterocycles. The van der Waals surface area contributed by atoms with Gasteiger partial charge in [-0.05, 0) is 22.3 Å². The maximum atomic E-state index is 6.04. The van der Waals surface area contributed by atoms with Crippen molar-refractivity contribution in [3.63, 3.8) is 0 Å². The second-order valence-corrected chi connectivity index (χ2v) is 8.55. The van der Waals surface area contributed by atoms with Gasteiger partial charge in [-0.15, -0.1) is 0 Å². The Morgan fingerprint density at radius 1 is 0.533 bits per heavy atom. The molecule has 3 aliphatic rings. The average Bonchev–Trinajstić information content (AvgIpc) is 3.12.